The predicted molar refractivity (Wildman–Crippen MR) is 325 cm³/mol. The Kier molecular flexibility index (Phi) is 33.0. The summed E-state index contributed by atoms with van der Waals surface area (Å²) in [6.07, 6.45) is -28.7. The van der Waals surface area contributed by atoms with Gasteiger partial charge in [-0.05, 0) is 99.8 Å². The Hall–Kier alpha value is -2.98. The van der Waals surface area contributed by atoms with Crippen molar-refractivity contribution in [2.75, 3.05) is 33.0 Å². The van der Waals surface area contributed by atoms with Crippen LogP contribution in [0, 0.1) is 0 Å². The van der Waals surface area contributed by atoms with E-state index in [0.29, 0.717) is 12.8 Å². The van der Waals surface area contributed by atoms with Gasteiger partial charge in [-0.2, -0.15) is 4.31 Å². The van der Waals surface area contributed by atoms with Gasteiger partial charge in [0.1, 0.15) is 116 Å². The van der Waals surface area contributed by atoms with Crippen LogP contribution >= 0.6 is 15.6 Å². The highest BCUT2D eigenvalue weighted by atomic mass is 31.3. The molecular weight excluding hydrogens is 1290 g/mol. The smallest absolute Gasteiger partial charge is 0.394 e. The lowest BCUT2D eigenvalue weighted by molar-refractivity contribution is -0.402. The average molecular weight is 1400 g/mol. The van der Waals surface area contributed by atoms with Gasteiger partial charge < -0.3 is 129 Å². The number of phosphoric ester groups is 2. The van der Waals surface area contributed by atoms with Gasteiger partial charge >= 0.3 is 15.6 Å². The SMILES string of the molecule is CC(=O)N[C@H]1[C@@H](OP(=O)(O)OP(=O)(O)OC/C=C(/C)CC/C=C(/C)CC/C=C(\C)CC/C=C(\C)CCC=C(C)C)O[C@H](CO)[C@H](O)[C@@H]1O[C@H]1O[C@H](CO)[C@H](O)[C@H](O[C@@H]2O[C@H](CO)[C@H](O)[C@H](O[C@H]3O[C@H](CO)[C@H](O)[C@H](O)[C@H]3O)[C@H]2O[C@@H]2O[C@@H](C)[C@@H](O)[C@@H](O)[C@@H]2O)[C@H]1NC(C)=O. The first kappa shape index (κ1) is 81.7. The van der Waals surface area contributed by atoms with Gasteiger partial charge in [-0.3, -0.25) is 18.6 Å². The molecule has 0 radical (unpaired) electrons. The van der Waals surface area contributed by atoms with Crippen LogP contribution in [0.5, 0.6) is 0 Å². The molecule has 5 heterocycles. The van der Waals surface area contributed by atoms with Crippen LogP contribution in [0.4, 0.5) is 0 Å². The quantitative estimate of drug-likeness (QED) is 0.0263. The molecular formula is C59H100N2O31P2. The fraction of sp³-hybridized carbons (Fsp3) is 0.797. The van der Waals surface area contributed by atoms with Crippen LogP contribution in [0.15, 0.2) is 58.2 Å². The molecule has 35 heteroatoms. The molecule has 27 atom stereocenters. The summed E-state index contributed by atoms with van der Waals surface area (Å²) < 4.78 is 94.8. The van der Waals surface area contributed by atoms with Crippen LogP contribution in [-0.4, -0.2) is 274 Å². The van der Waals surface area contributed by atoms with Crippen molar-refractivity contribution in [3.63, 3.8) is 0 Å². The number of aliphatic hydroxyl groups is 13. The number of carbonyl (C=O) groups excluding carboxylic acids is 2. The number of ether oxygens (including phenoxy) is 9. The topological polar surface area (TPSA) is 507 Å². The third-order valence-corrected chi connectivity index (χ3v) is 19.0. The van der Waals surface area contributed by atoms with Gasteiger partial charge in [0.25, 0.3) is 0 Å². The number of amides is 2. The Labute approximate surface area is 545 Å². The molecule has 33 nitrogen and oxygen atoms in total. The first-order valence-electron chi connectivity index (χ1n) is 31.1. The zero-order valence-electron chi connectivity index (χ0n) is 54.1. The molecule has 0 aliphatic carbocycles. The van der Waals surface area contributed by atoms with Crippen LogP contribution < -0.4 is 10.6 Å². The van der Waals surface area contributed by atoms with E-state index < -0.39 is 214 Å². The molecule has 0 spiro atoms. The van der Waals surface area contributed by atoms with E-state index in [1.807, 2.05) is 6.92 Å². The Morgan fingerprint density at radius 1 is 0.415 bits per heavy atom. The van der Waals surface area contributed by atoms with Crippen molar-refractivity contribution in [2.24, 2.45) is 0 Å². The van der Waals surface area contributed by atoms with Gasteiger partial charge in [-0.1, -0.05) is 58.2 Å². The number of allylic oxidation sites excluding steroid dienone is 9. The number of nitrogens with one attached hydrogen (secondary N) is 2. The number of phosphoric acid groups is 2. The highest BCUT2D eigenvalue weighted by Crippen LogP contribution is 2.61. The fourth-order valence-electron chi connectivity index (χ4n) is 11.0. The lowest BCUT2D eigenvalue weighted by atomic mass is 9.93. The molecule has 542 valence electrons. The molecule has 2 unspecified atom stereocenters. The van der Waals surface area contributed by atoms with Crippen molar-refractivity contribution in [3.05, 3.63) is 58.2 Å². The van der Waals surface area contributed by atoms with Gasteiger partial charge in [0.05, 0.1) is 39.1 Å². The Morgan fingerprint density at radius 3 is 1.24 bits per heavy atom. The molecule has 0 aromatic heterocycles. The third kappa shape index (κ3) is 23.6. The second-order valence-electron chi connectivity index (χ2n) is 24.4. The van der Waals surface area contributed by atoms with Crippen molar-refractivity contribution < 1.29 is 151 Å². The monoisotopic (exact) mass is 1390 g/mol. The zero-order valence-corrected chi connectivity index (χ0v) is 55.9. The van der Waals surface area contributed by atoms with Gasteiger partial charge in [0, 0.05) is 13.8 Å². The lowest BCUT2D eigenvalue weighted by Crippen LogP contribution is -2.71. The number of carbonyl (C=O) groups is 2. The minimum atomic E-state index is -5.90. The summed E-state index contributed by atoms with van der Waals surface area (Å²) in [6, 6.07) is -3.98. The first-order valence-corrected chi connectivity index (χ1v) is 34.1. The number of hydrogen-bond donors (Lipinski definition) is 17. The third-order valence-electron chi connectivity index (χ3n) is 16.4. The molecule has 5 rings (SSSR count). The molecule has 5 saturated heterocycles. The fourth-order valence-corrected chi connectivity index (χ4v) is 13.1. The van der Waals surface area contributed by atoms with Gasteiger partial charge in [-0.25, -0.2) is 9.13 Å². The summed E-state index contributed by atoms with van der Waals surface area (Å²) >= 11 is 0. The molecule has 5 aliphatic rings. The van der Waals surface area contributed by atoms with Gasteiger partial charge in [0.15, 0.2) is 31.5 Å². The van der Waals surface area contributed by atoms with E-state index in [9.17, 15) is 94.9 Å². The summed E-state index contributed by atoms with van der Waals surface area (Å²) in [4.78, 5) is 47.7. The van der Waals surface area contributed by atoms with Crippen molar-refractivity contribution in [1.82, 2.24) is 10.6 Å². The van der Waals surface area contributed by atoms with E-state index >= 15 is 0 Å². The molecule has 0 bridgehead atoms. The highest BCUT2D eigenvalue weighted by Gasteiger charge is 2.59. The molecule has 0 aromatic carbocycles. The summed E-state index contributed by atoms with van der Waals surface area (Å²) in [5, 5.41) is 146. The van der Waals surface area contributed by atoms with E-state index in [2.05, 4.69) is 66.9 Å². The number of hydrogen-bond acceptors (Lipinski definition) is 29. The number of rotatable bonds is 33. The molecule has 17 N–H and O–H groups in total. The first-order chi connectivity index (χ1) is 44.2. The summed E-state index contributed by atoms with van der Waals surface area (Å²) in [5.41, 5.74) is 5.91. The van der Waals surface area contributed by atoms with E-state index in [-0.39, 0.29) is 0 Å². The van der Waals surface area contributed by atoms with E-state index in [1.54, 1.807) is 6.92 Å². The number of aliphatic hydroxyl groups excluding tert-OH is 13. The summed E-state index contributed by atoms with van der Waals surface area (Å²) in [6.45, 7) is 10.5. The second-order valence-corrected chi connectivity index (χ2v) is 27.4. The molecule has 5 fully saturated rings. The van der Waals surface area contributed by atoms with Crippen molar-refractivity contribution in [2.45, 2.75) is 267 Å². The van der Waals surface area contributed by atoms with E-state index in [0.717, 1.165) is 57.9 Å². The Balaban J connectivity index is 1.35. The van der Waals surface area contributed by atoms with Crippen LogP contribution in [0.25, 0.3) is 0 Å². The average Bonchev–Trinajstić information content (AvgIpc) is 0.766. The maximum absolute atomic E-state index is 13.7. The van der Waals surface area contributed by atoms with Crippen molar-refractivity contribution in [3.8, 4) is 0 Å². The van der Waals surface area contributed by atoms with Crippen LogP contribution in [-0.2, 0) is 74.7 Å². The molecule has 94 heavy (non-hydrogen) atoms. The van der Waals surface area contributed by atoms with E-state index in [4.69, 9.17) is 51.7 Å². The van der Waals surface area contributed by atoms with Gasteiger partial charge in [0.2, 0.25) is 11.8 Å². The standard InChI is InChI=1S/C59H100N2O31P2/c1-28(2)14-10-15-29(3)16-11-17-30(4)18-12-19-31(5)20-13-21-32(6)22-23-81-93(77,78)92-94(79,80)91-56-41(61-35(9)67)52(45(71)38(26-64)84-56)87-55-40(60-34(8)66)51(44(70)37(25-63)83-55)88-59-54(90-57-49(75)47(73)42(68)33(7)82-57)53(46(72)39(27-65)86-59)89-58-50(76)48(74)43(69)36(24-62)85-58/h14,16,18,20,22,33,36-59,62-65,68-76H,10-13,15,17,19,21,23-27H2,1-9H3,(H,60,66)(H,61,67)(H,77,78)(H,79,80)/b29-16+,30-18+,31-20-,32-22-/t33-,36+,37+,38+,39+,40+,41+,42+,43-,44-,45-,46-,47+,48-,49-,50+,51+,52+,53-,54+,55+,56+,57-,58+,59-/m0/s1. The van der Waals surface area contributed by atoms with Crippen molar-refractivity contribution >= 4 is 27.5 Å². The highest BCUT2D eigenvalue weighted by molar-refractivity contribution is 7.61. The van der Waals surface area contributed by atoms with Gasteiger partial charge in [-0.15, -0.1) is 0 Å². The Morgan fingerprint density at radius 2 is 0.777 bits per heavy atom. The summed E-state index contributed by atoms with van der Waals surface area (Å²) in [5.74, 6) is -1.92. The van der Waals surface area contributed by atoms with Crippen LogP contribution in [0.1, 0.15) is 114 Å². The summed E-state index contributed by atoms with van der Waals surface area (Å²) in [7, 11) is -11.4. The maximum atomic E-state index is 13.7. The van der Waals surface area contributed by atoms with Crippen LogP contribution in [0.3, 0.4) is 0 Å². The largest absolute Gasteiger partial charge is 0.483 e. The molecule has 0 aromatic rings. The van der Waals surface area contributed by atoms with Crippen molar-refractivity contribution in [1.29, 1.82) is 0 Å². The minimum absolute atomic E-state index is 0.526. The predicted octanol–water partition coefficient (Wildman–Crippen LogP) is -1.48. The molecule has 2 amide bonds. The lowest BCUT2D eigenvalue weighted by Gasteiger charge is -2.51. The molecule has 5 aliphatic heterocycles. The molecule has 0 saturated carbocycles. The minimum Gasteiger partial charge on any atom is -0.394 e. The Bertz CT molecular complexity index is 2650. The van der Waals surface area contributed by atoms with Crippen LogP contribution in [0.2, 0.25) is 0 Å². The zero-order chi connectivity index (χ0) is 70.1. The normalized spacial score (nSPS) is 38.5. The maximum Gasteiger partial charge on any atom is 0.483 e. The van der Waals surface area contributed by atoms with E-state index in [1.165, 1.54) is 35.3 Å². The second kappa shape index (κ2) is 38.0.